The number of non-ortho nitro benzene ring substituents is 1. The van der Waals surface area contributed by atoms with Crippen molar-refractivity contribution in [2.45, 2.75) is 37.5 Å². The van der Waals surface area contributed by atoms with E-state index in [1.807, 2.05) is 17.0 Å². The van der Waals surface area contributed by atoms with Crippen molar-refractivity contribution in [1.82, 2.24) is 9.97 Å². The van der Waals surface area contributed by atoms with Crippen LogP contribution in [0.5, 0.6) is 11.5 Å². The normalized spacial score (nSPS) is 21.3. The number of H-pyrrole nitrogens is 1. The minimum absolute atomic E-state index is 0.115. The predicted molar refractivity (Wildman–Crippen MR) is 126 cm³/mol. The maximum absolute atomic E-state index is 11.8. The van der Waals surface area contributed by atoms with E-state index in [-0.39, 0.29) is 12.2 Å². The second-order valence-corrected chi connectivity index (χ2v) is 8.32. The summed E-state index contributed by atoms with van der Waals surface area (Å²) in [6.45, 7) is 1.95. The van der Waals surface area contributed by atoms with Crippen LogP contribution in [0.3, 0.4) is 0 Å². The van der Waals surface area contributed by atoms with Crippen LogP contribution in [-0.2, 0) is 16.0 Å². The average Bonchev–Trinajstić information content (AvgIpc) is 3.38. The third kappa shape index (κ3) is 4.53. The van der Waals surface area contributed by atoms with Crippen LogP contribution in [0.2, 0.25) is 0 Å². The number of aromatic nitrogens is 2. The highest BCUT2D eigenvalue weighted by Gasteiger charge is 2.54. The number of nitrogens with zero attached hydrogens (tertiary/aromatic N) is 3. The smallest absolute Gasteiger partial charge is 0.270 e. The van der Waals surface area contributed by atoms with Crippen LogP contribution in [0, 0.1) is 10.1 Å². The quantitative estimate of drug-likeness (QED) is 0.267. The second kappa shape index (κ2) is 9.90. The topological polar surface area (TPSA) is 132 Å². The molecule has 2 aromatic carbocycles. The van der Waals surface area contributed by atoms with Gasteiger partial charge in [0.05, 0.1) is 24.6 Å². The van der Waals surface area contributed by atoms with Gasteiger partial charge in [0.1, 0.15) is 23.4 Å². The highest BCUT2D eigenvalue weighted by atomic mass is 16.7. The van der Waals surface area contributed by atoms with Crippen LogP contribution in [0.4, 0.5) is 11.4 Å². The number of aromatic amines is 1. The molecule has 0 aliphatic carbocycles. The molecular weight excluding hydrogens is 456 g/mol. The van der Waals surface area contributed by atoms with Gasteiger partial charge in [-0.1, -0.05) is 0 Å². The van der Waals surface area contributed by atoms with E-state index < -0.39 is 29.0 Å². The summed E-state index contributed by atoms with van der Waals surface area (Å²) in [5, 5.41) is 23.4. The standard InChI is InChI=1S/C24H28N4O7/c1-24(23(33-3)34-4)22(29)21(18-13-16(28(30)31)7-10-19(18)35-24)27(14-20-25-11-12-26-20)15-5-8-17(32-2)9-6-15/h5-13,21-23,29H,14H2,1-4H3,(H,25,26)/t21-,22+,24+/m0/s1. The lowest BCUT2D eigenvalue weighted by Crippen LogP contribution is -2.62. The van der Waals surface area contributed by atoms with Crippen molar-refractivity contribution in [2.75, 3.05) is 26.2 Å². The summed E-state index contributed by atoms with van der Waals surface area (Å²) in [5.41, 5.74) is -0.265. The number of ether oxygens (including phenoxy) is 4. The van der Waals surface area contributed by atoms with Gasteiger partial charge in [0.15, 0.2) is 11.9 Å². The fraction of sp³-hybridized carbons (Fsp3) is 0.375. The number of nitro benzene ring substituents is 1. The van der Waals surface area contributed by atoms with E-state index in [4.69, 9.17) is 18.9 Å². The zero-order valence-corrected chi connectivity index (χ0v) is 19.9. The van der Waals surface area contributed by atoms with Gasteiger partial charge < -0.3 is 33.9 Å². The molecule has 186 valence electrons. The number of benzene rings is 2. The molecule has 3 aromatic rings. The van der Waals surface area contributed by atoms with Crippen LogP contribution in [0.1, 0.15) is 24.4 Å². The Morgan fingerprint density at radius 3 is 2.51 bits per heavy atom. The molecule has 0 fully saturated rings. The molecule has 35 heavy (non-hydrogen) atoms. The SMILES string of the molecule is COc1ccc(N(Cc2ncc[nH]2)[C@H]2c3cc([N+](=O)[O-])ccc3O[C@@](C)(C(OC)OC)[C@@H]2O)cc1. The molecule has 0 amide bonds. The van der Waals surface area contributed by atoms with E-state index in [1.165, 1.54) is 32.4 Å². The van der Waals surface area contributed by atoms with E-state index in [0.29, 0.717) is 22.9 Å². The molecule has 0 bridgehead atoms. The van der Waals surface area contributed by atoms with Gasteiger partial charge in [-0.15, -0.1) is 0 Å². The fourth-order valence-electron chi connectivity index (χ4n) is 4.51. The van der Waals surface area contributed by atoms with Gasteiger partial charge in [0, 0.05) is 50.0 Å². The van der Waals surface area contributed by atoms with Crippen LogP contribution in [0.25, 0.3) is 0 Å². The summed E-state index contributed by atoms with van der Waals surface area (Å²) in [6.07, 6.45) is 1.19. The monoisotopic (exact) mass is 484 g/mol. The number of imidazole rings is 1. The third-order valence-electron chi connectivity index (χ3n) is 6.25. The summed E-state index contributed by atoms with van der Waals surface area (Å²) in [4.78, 5) is 20.5. The Morgan fingerprint density at radius 1 is 1.23 bits per heavy atom. The van der Waals surface area contributed by atoms with Crippen LogP contribution < -0.4 is 14.4 Å². The number of aliphatic hydroxyl groups excluding tert-OH is 1. The lowest BCUT2D eigenvalue weighted by Gasteiger charge is -2.49. The first kappa shape index (κ1) is 24.5. The van der Waals surface area contributed by atoms with Crippen LogP contribution >= 0.6 is 0 Å². The van der Waals surface area contributed by atoms with Gasteiger partial charge in [-0.05, 0) is 37.3 Å². The van der Waals surface area contributed by atoms with Gasteiger partial charge in [-0.3, -0.25) is 10.1 Å². The number of hydrogen-bond donors (Lipinski definition) is 2. The molecule has 11 nitrogen and oxygen atoms in total. The zero-order chi connectivity index (χ0) is 25.2. The molecule has 0 unspecified atom stereocenters. The van der Waals surface area contributed by atoms with Crippen molar-refractivity contribution in [3.05, 3.63) is 76.4 Å². The highest BCUT2D eigenvalue weighted by molar-refractivity contribution is 5.56. The van der Waals surface area contributed by atoms with Crippen molar-refractivity contribution < 1.29 is 29.0 Å². The molecule has 4 rings (SSSR count). The van der Waals surface area contributed by atoms with E-state index in [0.717, 1.165) is 5.69 Å². The van der Waals surface area contributed by atoms with E-state index in [2.05, 4.69) is 9.97 Å². The molecule has 11 heteroatoms. The van der Waals surface area contributed by atoms with E-state index in [9.17, 15) is 15.2 Å². The van der Waals surface area contributed by atoms with Crippen LogP contribution in [-0.4, -0.2) is 59.3 Å². The van der Waals surface area contributed by atoms with Gasteiger partial charge in [-0.25, -0.2) is 4.98 Å². The van der Waals surface area contributed by atoms with Crippen molar-refractivity contribution in [2.24, 2.45) is 0 Å². The van der Waals surface area contributed by atoms with Gasteiger partial charge in [-0.2, -0.15) is 0 Å². The largest absolute Gasteiger partial charge is 0.497 e. The van der Waals surface area contributed by atoms with Gasteiger partial charge >= 0.3 is 0 Å². The minimum Gasteiger partial charge on any atom is -0.497 e. The third-order valence-corrected chi connectivity index (χ3v) is 6.25. The molecule has 1 aromatic heterocycles. The van der Waals surface area contributed by atoms with Gasteiger partial charge in [0.2, 0.25) is 0 Å². The Bertz CT molecular complexity index is 1150. The molecule has 3 atom stereocenters. The molecule has 2 N–H and O–H groups in total. The first-order chi connectivity index (χ1) is 16.8. The number of anilines is 1. The average molecular weight is 485 g/mol. The first-order valence-corrected chi connectivity index (χ1v) is 10.9. The maximum Gasteiger partial charge on any atom is 0.270 e. The van der Waals surface area contributed by atoms with Gasteiger partial charge in [0.25, 0.3) is 5.69 Å². The number of nitrogens with one attached hydrogen (secondary N) is 1. The second-order valence-electron chi connectivity index (χ2n) is 8.32. The molecule has 2 heterocycles. The van der Waals surface area contributed by atoms with Crippen molar-refractivity contribution in [3.8, 4) is 11.5 Å². The molecule has 0 saturated carbocycles. The van der Waals surface area contributed by atoms with E-state index in [1.54, 1.807) is 38.6 Å². The fourth-order valence-corrected chi connectivity index (χ4v) is 4.51. The Labute approximate surface area is 202 Å². The summed E-state index contributed by atoms with van der Waals surface area (Å²) >= 11 is 0. The number of rotatable bonds is 9. The Balaban J connectivity index is 1.91. The first-order valence-electron chi connectivity index (χ1n) is 10.9. The number of aliphatic hydroxyl groups is 1. The molecule has 0 spiro atoms. The predicted octanol–water partition coefficient (Wildman–Crippen LogP) is 3.21. The molecule has 0 saturated heterocycles. The zero-order valence-electron chi connectivity index (χ0n) is 19.9. The number of nitro groups is 1. The lowest BCUT2D eigenvalue weighted by molar-refractivity contribution is -0.385. The highest BCUT2D eigenvalue weighted by Crippen LogP contribution is 2.47. The summed E-state index contributed by atoms with van der Waals surface area (Å²) in [7, 11) is 4.49. The number of fused-ring (bicyclic) bond motifs is 1. The number of hydrogen-bond acceptors (Lipinski definition) is 9. The minimum atomic E-state index is -1.34. The lowest BCUT2D eigenvalue weighted by atomic mass is 9.83. The van der Waals surface area contributed by atoms with Crippen molar-refractivity contribution >= 4 is 11.4 Å². The summed E-state index contributed by atoms with van der Waals surface area (Å²) in [6, 6.07) is 10.9. The summed E-state index contributed by atoms with van der Waals surface area (Å²) in [5.74, 6) is 1.69. The van der Waals surface area contributed by atoms with Crippen molar-refractivity contribution in [1.29, 1.82) is 0 Å². The maximum atomic E-state index is 11.8. The molecular formula is C24H28N4O7. The number of methoxy groups -OCH3 is 3. The molecule has 1 aliphatic heterocycles. The molecule has 1 aliphatic rings. The van der Waals surface area contributed by atoms with E-state index >= 15 is 0 Å². The van der Waals surface area contributed by atoms with Crippen molar-refractivity contribution in [3.63, 3.8) is 0 Å². The Morgan fingerprint density at radius 2 is 1.94 bits per heavy atom. The summed E-state index contributed by atoms with van der Waals surface area (Å²) < 4.78 is 22.5. The molecule has 0 radical (unpaired) electrons. The van der Waals surface area contributed by atoms with Crippen LogP contribution in [0.15, 0.2) is 54.9 Å². The Kier molecular flexibility index (Phi) is 6.92. The Hall–Kier alpha value is -3.67.